The van der Waals surface area contributed by atoms with E-state index in [2.05, 4.69) is 28.9 Å². The molecule has 0 heterocycles. The van der Waals surface area contributed by atoms with Crippen molar-refractivity contribution < 1.29 is 0 Å². The van der Waals surface area contributed by atoms with Crippen LogP contribution in [0.1, 0.15) is 30.4 Å². The summed E-state index contributed by atoms with van der Waals surface area (Å²) in [7, 11) is 0. The predicted octanol–water partition coefficient (Wildman–Crippen LogP) is 4.15. The Balaban J connectivity index is 2.60. The highest BCUT2D eigenvalue weighted by Gasteiger charge is 2.20. The lowest BCUT2D eigenvalue weighted by Crippen LogP contribution is -1.86. The van der Waals surface area contributed by atoms with Gasteiger partial charge in [0.2, 0.25) is 0 Å². The second-order valence-electron chi connectivity index (χ2n) is 3.40. The second kappa shape index (κ2) is 3.04. The minimum Gasteiger partial charge on any atom is -0.0843 e. The highest BCUT2D eigenvalue weighted by atomic mass is 79.9. The number of hydrogen-bond acceptors (Lipinski definition) is 0. The molecule has 0 saturated carbocycles. The van der Waals surface area contributed by atoms with Gasteiger partial charge in [-0.1, -0.05) is 34.5 Å². The van der Waals surface area contributed by atoms with Gasteiger partial charge in [0, 0.05) is 9.50 Å². The molecule has 0 nitrogen and oxygen atoms in total. The Morgan fingerprint density at radius 1 is 1.50 bits per heavy atom. The van der Waals surface area contributed by atoms with Crippen molar-refractivity contribution in [2.24, 2.45) is 0 Å². The molecule has 1 aromatic rings. The molecule has 64 valence electrons. The number of halogens is 2. The van der Waals surface area contributed by atoms with Gasteiger partial charge in [-0.15, -0.1) is 0 Å². The van der Waals surface area contributed by atoms with E-state index in [1.807, 2.05) is 6.07 Å². The summed E-state index contributed by atoms with van der Waals surface area (Å²) in [5.41, 5.74) is 2.88. The van der Waals surface area contributed by atoms with Crippen LogP contribution in [0.5, 0.6) is 0 Å². The van der Waals surface area contributed by atoms with Crippen LogP contribution in [-0.2, 0) is 6.42 Å². The van der Waals surface area contributed by atoms with Gasteiger partial charge in [0.25, 0.3) is 0 Å². The first kappa shape index (κ1) is 8.58. The maximum Gasteiger partial charge on any atom is 0.0420 e. The molecule has 0 aromatic heterocycles. The lowest BCUT2D eigenvalue weighted by atomic mass is 10.0. The summed E-state index contributed by atoms with van der Waals surface area (Å²) in [6.07, 6.45) is 2.45. The zero-order chi connectivity index (χ0) is 8.72. The molecular formula is C10H10BrCl. The van der Waals surface area contributed by atoms with Crippen LogP contribution in [-0.4, -0.2) is 0 Å². The number of hydrogen-bond donors (Lipinski definition) is 0. The van der Waals surface area contributed by atoms with Crippen LogP contribution in [0.15, 0.2) is 16.6 Å². The highest BCUT2D eigenvalue weighted by molar-refractivity contribution is 9.10. The first-order valence-electron chi connectivity index (χ1n) is 4.16. The van der Waals surface area contributed by atoms with Gasteiger partial charge in [-0.05, 0) is 42.0 Å². The van der Waals surface area contributed by atoms with Gasteiger partial charge in [-0.25, -0.2) is 0 Å². The topological polar surface area (TPSA) is 0 Å². The molecule has 12 heavy (non-hydrogen) atoms. The average molecular weight is 246 g/mol. The van der Waals surface area contributed by atoms with Gasteiger partial charge < -0.3 is 0 Å². The summed E-state index contributed by atoms with van der Waals surface area (Å²) >= 11 is 9.51. The van der Waals surface area contributed by atoms with Crippen molar-refractivity contribution in [3.63, 3.8) is 0 Å². The maximum atomic E-state index is 5.96. The summed E-state index contributed by atoms with van der Waals surface area (Å²) < 4.78 is 1.18. The fourth-order valence-corrected chi connectivity index (χ4v) is 2.88. The summed E-state index contributed by atoms with van der Waals surface area (Å²) in [6, 6.07) is 4.08. The molecule has 1 unspecified atom stereocenters. The highest BCUT2D eigenvalue weighted by Crippen LogP contribution is 2.38. The summed E-state index contributed by atoms with van der Waals surface area (Å²) in [6.45, 7) is 2.26. The Morgan fingerprint density at radius 2 is 2.25 bits per heavy atom. The smallest absolute Gasteiger partial charge is 0.0420 e. The Bertz CT molecular complexity index is 320. The molecule has 0 amide bonds. The van der Waals surface area contributed by atoms with Crippen LogP contribution in [0, 0.1) is 0 Å². The third-order valence-corrected chi connectivity index (χ3v) is 3.48. The maximum absolute atomic E-state index is 5.96. The van der Waals surface area contributed by atoms with E-state index in [9.17, 15) is 0 Å². The van der Waals surface area contributed by atoms with Gasteiger partial charge in [0.1, 0.15) is 0 Å². The lowest BCUT2D eigenvalue weighted by molar-refractivity contribution is 0.747. The SMILES string of the molecule is CC1CCc2c(Br)cc(Cl)cc21. The zero-order valence-electron chi connectivity index (χ0n) is 6.90. The van der Waals surface area contributed by atoms with Crippen LogP contribution >= 0.6 is 27.5 Å². The number of fused-ring (bicyclic) bond motifs is 1. The molecule has 2 rings (SSSR count). The van der Waals surface area contributed by atoms with Gasteiger partial charge in [-0.3, -0.25) is 0 Å². The van der Waals surface area contributed by atoms with E-state index in [-0.39, 0.29) is 0 Å². The molecule has 2 heteroatoms. The van der Waals surface area contributed by atoms with Gasteiger partial charge in [-0.2, -0.15) is 0 Å². The molecule has 0 fully saturated rings. The average Bonchev–Trinajstić information content (AvgIpc) is 2.33. The summed E-state index contributed by atoms with van der Waals surface area (Å²) in [4.78, 5) is 0. The standard InChI is InChI=1S/C10H10BrCl/c1-6-2-3-8-9(6)4-7(12)5-10(8)11/h4-6H,2-3H2,1H3. The van der Waals surface area contributed by atoms with E-state index in [1.165, 1.54) is 28.4 Å². The van der Waals surface area contributed by atoms with E-state index >= 15 is 0 Å². The van der Waals surface area contributed by atoms with Crippen LogP contribution in [0.4, 0.5) is 0 Å². The number of rotatable bonds is 0. The summed E-state index contributed by atoms with van der Waals surface area (Å²) in [5, 5.41) is 0.842. The molecule has 1 atom stereocenters. The van der Waals surface area contributed by atoms with Crippen molar-refractivity contribution in [2.45, 2.75) is 25.7 Å². The molecule has 1 aliphatic carbocycles. The van der Waals surface area contributed by atoms with Gasteiger partial charge >= 0.3 is 0 Å². The third-order valence-electron chi connectivity index (χ3n) is 2.55. The van der Waals surface area contributed by atoms with E-state index in [4.69, 9.17) is 11.6 Å². The van der Waals surface area contributed by atoms with Crippen molar-refractivity contribution >= 4 is 27.5 Å². The molecule has 0 bridgehead atoms. The molecule has 1 aliphatic rings. The zero-order valence-corrected chi connectivity index (χ0v) is 9.24. The number of benzene rings is 1. The molecule has 0 saturated heterocycles. The predicted molar refractivity (Wildman–Crippen MR) is 55.9 cm³/mol. The first-order chi connectivity index (χ1) is 5.68. The lowest BCUT2D eigenvalue weighted by Gasteiger charge is -2.06. The molecule has 0 spiro atoms. The fraction of sp³-hybridized carbons (Fsp3) is 0.400. The molecule has 0 radical (unpaired) electrons. The summed E-state index contributed by atoms with van der Waals surface area (Å²) in [5.74, 6) is 0.676. The quantitative estimate of drug-likeness (QED) is 0.644. The van der Waals surface area contributed by atoms with Gasteiger partial charge in [0.05, 0.1) is 0 Å². The van der Waals surface area contributed by atoms with Crippen LogP contribution < -0.4 is 0 Å². The van der Waals surface area contributed by atoms with E-state index < -0.39 is 0 Å². The Kier molecular flexibility index (Phi) is 2.18. The second-order valence-corrected chi connectivity index (χ2v) is 4.69. The largest absolute Gasteiger partial charge is 0.0843 e. The van der Waals surface area contributed by atoms with Crippen molar-refractivity contribution in [2.75, 3.05) is 0 Å². The third kappa shape index (κ3) is 1.29. The van der Waals surface area contributed by atoms with Crippen molar-refractivity contribution in [3.05, 3.63) is 32.8 Å². The Morgan fingerprint density at radius 3 is 3.00 bits per heavy atom. The monoisotopic (exact) mass is 244 g/mol. The molecular weight excluding hydrogens is 235 g/mol. The molecule has 0 N–H and O–H groups in total. The first-order valence-corrected chi connectivity index (χ1v) is 5.33. The molecule has 0 aliphatic heterocycles. The van der Waals surface area contributed by atoms with Crippen LogP contribution in [0.25, 0.3) is 0 Å². The van der Waals surface area contributed by atoms with Crippen molar-refractivity contribution in [1.29, 1.82) is 0 Å². The molecule has 1 aromatic carbocycles. The van der Waals surface area contributed by atoms with E-state index in [0.717, 1.165) is 5.02 Å². The van der Waals surface area contributed by atoms with E-state index in [0.29, 0.717) is 5.92 Å². The Hall–Kier alpha value is -0.0100. The Labute approximate surface area is 86.1 Å². The normalized spacial score (nSPS) is 21.1. The van der Waals surface area contributed by atoms with E-state index in [1.54, 1.807) is 0 Å². The minimum absolute atomic E-state index is 0.676. The minimum atomic E-state index is 0.676. The van der Waals surface area contributed by atoms with Crippen molar-refractivity contribution in [1.82, 2.24) is 0 Å². The fourth-order valence-electron chi connectivity index (χ4n) is 1.84. The van der Waals surface area contributed by atoms with Crippen molar-refractivity contribution in [3.8, 4) is 0 Å². The van der Waals surface area contributed by atoms with Crippen LogP contribution in [0.2, 0.25) is 5.02 Å². The van der Waals surface area contributed by atoms with Crippen LogP contribution in [0.3, 0.4) is 0 Å². The van der Waals surface area contributed by atoms with Gasteiger partial charge in [0.15, 0.2) is 0 Å².